The third-order valence-electron chi connectivity index (χ3n) is 2.78. The van der Waals surface area contributed by atoms with Gasteiger partial charge >= 0.3 is 5.97 Å². The van der Waals surface area contributed by atoms with Gasteiger partial charge in [-0.1, -0.05) is 22.9 Å². The number of aromatic hydroxyl groups is 1. The lowest BCUT2D eigenvalue weighted by Crippen LogP contribution is -2.40. The van der Waals surface area contributed by atoms with E-state index in [1.807, 2.05) is 0 Å². The van der Waals surface area contributed by atoms with Crippen molar-refractivity contribution in [2.45, 2.75) is 13.0 Å². The summed E-state index contributed by atoms with van der Waals surface area (Å²) in [6.07, 6.45) is 0. The number of halogens is 1. The summed E-state index contributed by atoms with van der Waals surface area (Å²) >= 11 is 6.63. The van der Waals surface area contributed by atoms with E-state index in [1.165, 1.54) is 25.1 Å². The second kappa shape index (κ2) is 5.71. The van der Waals surface area contributed by atoms with Crippen LogP contribution in [-0.2, 0) is 4.79 Å². The third-order valence-corrected chi connectivity index (χ3v) is 3.97. The van der Waals surface area contributed by atoms with Crippen molar-refractivity contribution in [3.63, 3.8) is 0 Å². The molecular formula is C13H10ClNO5S. The number of carboxylic acid groups (broad SMARTS) is 1. The second-order valence-electron chi connectivity index (χ2n) is 4.29. The van der Waals surface area contributed by atoms with Gasteiger partial charge in [0.25, 0.3) is 5.91 Å². The molecule has 1 aromatic heterocycles. The summed E-state index contributed by atoms with van der Waals surface area (Å²) in [5, 5.41) is 20.9. The number of amides is 1. The van der Waals surface area contributed by atoms with Gasteiger partial charge < -0.3 is 15.5 Å². The monoisotopic (exact) mass is 327 g/mol. The van der Waals surface area contributed by atoms with Crippen molar-refractivity contribution < 1.29 is 19.8 Å². The zero-order chi connectivity index (χ0) is 15.7. The van der Waals surface area contributed by atoms with E-state index in [0.717, 1.165) is 11.3 Å². The molecule has 2 rings (SSSR count). The van der Waals surface area contributed by atoms with E-state index < -0.39 is 34.0 Å². The lowest BCUT2D eigenvalue weighted by molar-refractivity contribution is -0.138. The zero-order valence-corrected chi connectivity index (χ0v) is 12.3. The Kier molecular flexibility index (Phi) is 4.15. The van der Waals surface area contributed by atoms with Crippen LogP contribution < -0.4 is 10.7 Å². The Balaban J connectivity index is 2.54. The van der Waals surface area contributed by atoms with Gasteiger partial charge in [-0.05, 0) is 25.1 Å². The van der Waals surface area contributed by atoms with Gasteiger partial charge in [-0.15, -0.1) is 0 Å². The van der Waals surface area contributed by atoms with Gasteiger partial charge in [0.1, 0.15) is 11.6 Å². The molecule has 1 aromatic carbocycles. The molecule has 0 aliphatic heterocycles. The Hall–Kier alpha value is -2.12. The van der Waals surface area contributed by atoms with Crippen molar-refractivity contribution in [3.8, 4) is 5.06 Å². The van der Waals surface area contributed by atoms with Crippen molar-refractivity contribution in [2.24, 2.45) is 0 Å². The third kappa shape index (κ3) is 2.98. The Morgan fingerprint density at radius 2 is 2.05 bits per heavy atom. The Labute approximate surface area is 127 Å². The fourth-order valence-corrected chi connectivity index (χ4v) is 2.88. The van der Waals surface area contributed by atoms with Crippen LogP contribution in [0.2, 0.25) is 5.02 Å². The van der Waals surface area contributed by atoms with Crippen LogP contribution in [0.5, 0.6) is 5.06 Å². The first-order chi connectivity index (χ1) is 9.81. The van der Waals surface area contributed by atoms with E-state index in [1.54, 1.807) is 0 Å². The number of fused-ring (bicyclic) bond motifs is 1. The maximum atomic E-state index is 12.2. The summed E-state index contributed by atoms with van der Waals surface area (Å²) < 4.78 is 0.438. The topological polar surface area (TPSA) is 104 Å². The summed E-state index contributed by atoms with van der Waals surface area (Å²) in [7, 11) is 0. The van der Waals surface area contributed by atoms with E-state index >= 15 is 0 Å². The molecule has 1 heterocycles. The van der Waals surface area contributed by atoms with Crippen molar-refractivity contribution in [1.29, 1.82) is 0 Å². The van der Waals surface area contributed by atoms with Gasteiger partial charge in [-0.25, -0.2) is 0 Å². The minimum atomic E-state index is -1.24. The number of hydrogen-bond acceptors (Lipinski definition) is 5. The SMILES string of the molecule is C[C@H](NC(=O)c1c(O)sc2cc(Cl)ccc2c1=O)C(=O)O. The van der Waals surface area contributed by atoms with Crippen LogP contribution in [0.1, 0.15) is 17.3 Å². The van der Waals surface area contributed by atoms with Gasteiger partial charge in [-0.2, -0.15) is 0 Å². The molecule has 0 fully saturated rings. The highest BCUT2D eigenvalue weighted by Gasteiger charge is 2.22. The summed E-state index contributed by atoms with van der Waals surface area (Å²) in [5.74, 6) is -2.17. The number of carbonyl (C=O) groups is 2. The van der Waals surface area contributed by atoms with Crippen molar-refractivity contribution in [1.82, 2.24) is 5.32 Å². The van der Waals surface area contributed by atoms with E-state index in [0.29, 0.717) is 9.72 Å². The molecule has 21 heavy (non-hydrogen) atoms. The Morgan fingerprint density at radius 3 is 2.67 bits per heavy atom. The number of nitrogens with one attached hydrogen (secondary N) is 1. The first-order valence-electron chi connectivity index (χ1n) is 5.80. The predicted molar refractivity (Wildman–Crippen MR) is 79.3 cm³/mol. The lowest BCUT2D eigenvalue weighted by Gasteiger charge is -2.10. The molecule has 0 unspecified atom stereocenters. The first-order valence-corrected chi connectivity index (χ1v) is 6.99. The van der Waals surface area contributed by atoms with Crippen LogP contribution in [-0.4, -0.2) is 28.1 Å². The van der Waals surface area contributed by atoms with E-state index in [-0.39, 0.29) is 5.39 Å². The highest BCUT2D eigenvalue weighted by atomic mass is 35.5. The molecule has 1 atom stereocenters. The summed E-state index contributed by atoms with van der Waals surface area (Å²) in [6, 6.07) is 3.27. The quantitative estimate of drug-likeness (QED) is 0.797. The van der Waals surface area contributed by atoms with Crippen LogP contribution >= 0.6 is 22.9 Å². The highest BCUT2D eigenvalue weighted by Crippen LogP contribution is 2.29. The summed E-state index contributed by atoms with van der Waals surface area (Å²) in [5.41, 5.74) is -1.14. The number of carbonyl (C=O) groups excluding carboxylic acids is 1. The molecule has 0 radical (unpaired) electrons. The average molecular weight is 328 g/mol. The molecule has 6 nitrogen and oxygen atoms in total. The number of benzene rings is 1. The molecule has 0 saturated carbocycles. The van der Waals surface area contributed by atoms with Gasteiger partial charge in [0.15, 0.2) is 5.06 Å². The van der Waals surface area contributed by atoms with Gasteiger partial charge in [0.05, 0.1) is 0 Å². The molecule has 3 N–H and O–H groups in total. The maximum Gasteiger partial charge on any atom is 0.325 e. The number of rotatable bonds is 3. The minimum Gasteiger partial charge on any atom is -0.499 e. The van der Waals surface area contributed by atoms with Crippen LogP contribution in [0.25, 0.3) is 10.1 Å². The molecular weight excluding hydrogens is 318 g/mol. The lowest BCUT2D eigenvalue weighted by atomic mass is 10.2. The van der Waals surface area contributed by atoms with Crippen molar-refractivity contribution in [2.75, 3.05) is 0 Å². The molecule has 0 aliphatic rings. The van der Waals surface area contributed by atoms with Crippen molar-refractivity contribution >= 4 is 44.9 Å². The van der Waals surface area contributed by atoms with Crippen LogP contribution in [0.3, 0.4) is 0 Å². The first kappa shape index (κ1) is 15.3. The zero-order valence-electron chi connectivity index (χ0n) is 10.7. The van der Waals surface area contributed by atoms with E-state index in [2.05, 4.69) is 5.32 Å². The molecule has 0 bridgehead atoms. The van der Waals surface area contributed by atoms with Gasteiger partial charge in [0.2, 0.25) is 5.43 Å². The number of aliphatic carboxylic acids is 1. The van der Waals surface area contributed by atoms with Crippen molar-refractivity contribution in [3.05, 3.63) is 39.0 Å². The normalized spacial score (nSPS) is 12.1. The molecule has 110 valence electrons. The highest BCUT2D eigenvalue weighted by molar-refractivity contribution is 7.20. The smallest absolute Gasteiger partial charge is 0.325 e. The van der Waals surface area contributed by atoms with Gasteiger partial charge in [0, 0.05) is 15.1 Å². The van der Waals surface area contributed by atoms with E-state index in [9.17, 15) is 19.5 Å². The fraction of sp³-hybridized carbons (Fsp3) is 0.154. The number of hydrogen-bond donors (Lipinski definition) is 3. The molecule has 8 heteroatoms. The predicted octanol–water partition coefficient (Wildman–Crippen LogP) is 1.82. The molecule has 0 aliphatic carbocycles. The maximum absolute atomic E-state index is 12.2. The van der Waals surface area contributed by atoms with Crippen LogP contribution in [0, 0.1) is 0 Å². The minimum absolute atomic E-state index is 0.232. The standard InChI is InChI=1S/C13H10ClNO5S/c1-5(12(18)19)15-11(17)9-10(16)7-3-2-6(14)4-8(7)21-13(9)20/h2-5,20H,1H3,(H,15,17)(H,18,19)/t5-/m0/s1. The summed E-state index contributed by atoms with van der Waals surface area (Å²) in [4.78, 5) is 34.9. The van der Waals surface area contributed by atoms with Crippen LogP contribution in [0.4, 0.5) is 0 Å². The van der Waals surface area contributed by atoms with Crippen LogP contribution in [0.15, 0.2) is 23.0 Å². The molecule has 0 saturated heterocycles. The fourth-order valence-electron chi connectivity index (χ4n) is 1.69. The van der Waals surface area contributed by atoms with Gasteiger partial charge in [-0.3, -0.25) is 14.4 Å². The van der Waals surface area contributed by atoms with E-state index in [4.69, 9.17) is 16.7 Å². The largest absolute Gasteiger partial charge is 0.499 e. The molecule has 0 spiro atoms. The number of carboxylic acids is 1. The Bertz CT molecular complexity index is 801. The summed E-state index contributed by atoms with van der Waals surface area (Å²) in [6.45, 7) is 1.26. The Morgan fingerprint density at radius 1 is 1.38 bits per heavy atom. The molecule has 2 aromatic rings. The molecule has 1 amide bonds. The second-order valence-corrected chi connectivity index (χ2v) is 5.75. The average Bonchev–Trinajstić information content (AvgIpc) is 2.37.